The Morgan fingerprint density at radius 2 is 2.24 bits per heavy atom. The van der Waals surface area contributed by atoms with Crippen LogP contribution in [0.25, 0.3) is 0 Å². The van der Waals surface area contributed by atoms with Crippen molar-refractivity contribution < 1.29 is 4.74 Å². The number of hydrogen-bond donors (Lipinski definition) is 0. The van der Waals surface area contributed by atoms with E-state index >= 15 is 0 Å². The van der Waals surface area contributed by atoms with Crippen molar-refractivity contribution in [2.24, 2.45) is 5.92 Å². The summed E-state index contributed by atoms with van der Waals surface area (Å²) >= 11 is 10.0. The summed E-state index contributed by atoms with van der Waals surface area (Å²) in [5.41, 5.74) is 1.12. The van der Waals surface area contributed by atoms with E-state index < -0.39 is 0 Å². The fourth-order valence-electron chi connectivity index (χ4n) is 2.20. The number of alkyl halides is 1. The van der Waals surface area contributed by atoms with E-state index in [0.29, 0.717) is 6.61 Å². The van der Waals surface area contributed by atoms with Gasteiger partial charge in [0.05, 0.1) is 12.0 Å². The van der Waals surface area contributed by atoms with Gasteiger partial charge in [0, 0.05) is 10.0 Å². The maximum Gasteiger partial charge on any atom is 0.124 e. The zero-order chi connectivity index (χ0) is 12.3. The van der Waals surface area contributed by atoms with Crippen molar-refractivity contribution >= 4 is 27.5 Å². The topological polar surface area (TPSA) is 9.23 Å². The van der Waals surface area contributed by atoms with Gasteiger partial charge in [-0.3, -0.25) is 0 Å². The molecule has 2 rings (SSSR count). The summed E-state index contributed by atoms with van der Waals surface area (Å²) in [5.74, 6) is 1.74. The van der Waals surface area contributed by atoms with Crippen LogP contribution in [0.2, 0.25) is 0 Å². The van der Waals surface area contributed by atoms with Gasteiger partial charge in [-0.1, -0.05) is 35.2 Å². The standard InChI is InChI=1S/C14H18BrClO/c1-2-17-14-7-6-11(15)9-12(14)13(16)8-10-4-3-5-10/h6-7,9-10,13H,2-5,8H2,1H3. The van der Waals surface area contributed by atoms with Crippen molar-refractivity contribution in [1.29, 1.82) is 0 Å². The molecular weight excluding hydrogens is 300 g/mol. The van der Waals surface area contributed by atoms with Gasteiger partial charge < -0.3 is 4.74 Å². The molecule has 1 aromatic rings. The van der Waals surface area contributed by atoms with Crippen LogP contribution in [0.3, 0.4) is 0 Å². The van der Waals surface area contributed by atoms with Crippen LogP contribution >= 0.6 is 27.5 Å². The van der Waals surface area contributed by atoms with Gasteiger partial charge in [0.2, 0.25) is 0 Å². The third-order valence-corrected chi connectivity index (χ3v) is 4.28. The second-order valence-electron chi connectivity index (χ2n) is 4.62. The SMILES string of the molecule is CCOc1ccc(Br)cc1C(Cl)CC1CCC1. The minimum atomic E-state index is 0.0688. The lowest BCUT2D eigenvalue weighted by atomic mass is 9.81. The van der Waals surface area contributed by atoms with Crippen LogP contribution in [0.1, 0.15) is 43.5 Å². The zero-order valence-corrected chi connectivity index (χ0v) is 12.4. The Labute approximate surface area is 117 Å². The molecule has 1 aliphatic carbocycles. The third kappa shape index (κ3) is 3.38. The average Bonchev–Trinajstić information content (AvgIpc) is 2.26. The Morgan fingerprint density at radius 3 is 2.82 bits per heavy atom. The number of rotatable bonds is 5. The van der Waals surface area contributed by atoms with Crippen LogP contribution in [-0.4, -0.2) is 6.61 Å². The van der Waals surface area contributed by atoms with E-state index in [4.69, 9.17) is 16.3 Å². The van der Waals surface area contributed by atoms with Crippen molar-refractivity contribution in [3.63, 3.8) is 0 Å². The highest BCUT2D eigenvalue weighted by atomic mass is 79.9. The molecule has 0 heterocycles. The summed E-state index contributed by atoms with van der Waals surface area (Å²) in [7, 11) is 0. The van der Waals surface area contributed by atoms with Gasteiger partial charge in [-0.2, -0.15) is 0 Å². The van der Waals surface area contributed by atoms with E-state index in [9.17, 15) is 0 Å². The molecule has 1 nitrogen and oxygen atoms in total. The molecule has 3 heteroatoms. The first-order valence-corrected chi connectivity index (χ1v) is 7.50. The van der Waals surface area contributed by atoms with Crippen molar-refractivity contribution in [3.8, 4) is 5.75 Å². The summed E-state index contributed by atoms with van der Waals surface area (Å²) in [5, 5.41) is 0.0688. The summed E-state index contributed by atoms with van der Waals surface area (Å²) in [6, 6.07) is 6.09. The van der Waals surface area contributed by atoms with Crippen LogP contribution in [0, 0.1) is 5.92 Å². The van der Waals surface area contributed by atoms with Gasteiger partial charge in [-0.15, -0.1) is 11.6 Å². The van der Waals surface area contributed by atoms with Crippen molar-refractivity contribution in [3.05, 3.63) is 28.2 Å². The maximum atomic E-state index is 6.53. The molecule has 0 aromatic heterocycles. The summed E-state index contributed by atoms with van der Waals surface area (Å²) in [6.45, 7) is 2.68. The van der Waals surface area contributed by atoms with E-state index in [2.05, 4.69) is 22.0 Å². The minimum absolute atomic E-state index is 0.0688. The van der Waals surface area contributed by atoms with Crippen LogP contribution < -0.4 is 4.74 Å². The largest absolute Gasteiger partial charge is 0.494 e. The number of benzene rings is 1. The molecule has 1 fully saturated rings. The van der Waals surface area contributed by atoms with Gasteiger partial charge in [0.25, 0.3) is 0 Å². The molecule has 0 bridgehead atoms. The first kappa shape index (κ1) is 13.2. The molecule has 1 aromatic carbocycles. The summed E-state index contributed by atoms with van der Waals surface area (Å²) in [4.78, 5) is 0. The zero-order valence-electron chi connectivity index (χ0n) is 10.1. The second-order valence-corrected chi connectivity index (χ2v) is 6.06. The highest BCUT2D eigenvalue weighted by Gasteiger charge is 2.23. The van der Waals surface area contributed by atoms with E-state index in [-0.39, 0.29) is 5.38 Å². The fraction of sp³-hybridized carbons (Fsp3) is 0.571. The molecule has 1 unspecified atom stereocenters. The second kappa shape index (κ2) is 6.10. The minimum Gasteiger partial charge on any atom is -0.494 e. The molecule has 0 amide bonds. The molecule has 0 spiro atoms. The van der Waals surface area contributed by atoms with Gasteiger partial charge in [-0.05, 0) is 37.5 Å². The molecule has 1 saturated carbocycles. The normalized spacial score (nSPS) is 17.6. The van der Waals surface area contributed by atoms with Crippen molar-refractivity contribution in [2.75, 3.05) is 6.61 Å². The summed E-state index contributed by atoms with van der Waals surface area (Å²) in [6.07, 6.45) is 5.10. The molecule has 0 aliphatic heterocycles. The molecule has 1 aliphatic rings. The van der Waals surface area contributed by atoms with Gasteiger partial charge in [0.1, 0.15) is 5.75 Å². The molecular formula is C14H18BrClO. The Morgan fingerprint density at radius 1 is 1.47 bits per heavy atom. The van der Waals surface area contributed by atoms with E-state index in [1.165, 1.54) is 19.3 Å². The van der Waals surface area contributed by atoms with Gasteiger partial charge in [-0.25, -0.2) is 0 Å². The first-order chi connectivity index (χ1) is 8.20. The molecule has 0 saturated heterocycles. The van der Waals surface area contributed by atoms with E-state index in [1.807, 2.05) is 19.1 Å². The molecule has 0 N–H and O–H groups in total. The van der Waals surface area contributed by atoms with Gasteiger partial charge in [0.15, 0.2) is 0 Å². The smallest absolute Gasteiger partial charge is 0.124 e. The predicted octanol–water partition coefficient (Wildman–Crippen LogP) is 5.32. The maximum absolute atomic E-state index is 6.53. The fourth-order valence-corrected chi connectivity index (χ4v) is 3.00. The molecule has 0 radical (unpaired) electrons. The number of halogens is 2. The first-order valence-electron chi connectivity index (χ1n) is 6.27. The Balaban J connectivity index is 2.12. The number of ether oxygens (including phenoxy) is 1. The Hall–Kier alpha value is -0.210. The third-order valence-electron chi connectivity index (χ3n) is 3.37. The lowest BCUT2D eigenvalue weighted by Crippen LogP contribution is -2.13. The average molecular weight is 318 g/mol. The highest BCUT2D eigenvalue weighted by Crippen LogP contribution is 2.41. The molecule has 17 heavy (non-hydrogen) atoms. The lowest BCUT2D eigenvalue weighted by molar-refractivity contribution is 0.289. The van der Waals surface area contributed by atoms with E-state index in [1.54, 1.807) is 0 Å². The molecule has 94 valence electrons. The predicted molar refractivity (Wildman–Crippen MR) is 75.9 cm³/mol. The monoisotopic (exact) mass is 316 g/mol. The van der Waals surface area contributed by atoms with Crippen LogP contribution in [0.15, 0.2) is 22.7 Å². The highest BCUT2D eigenvalue weighted by molar-refractivity contribution is 9.10. The summed E-state index contributed by atoms with van der Waals surface area (Å²) < 4.78 is 6.71. The Kier molecular flexibility index (Phi) is 4.75. The quantitative estimate of drug-likeness (QED) is 0.668. The lowest BCUT2D eigenvalue weighted by Gasteiger charge is -2.28. The Bertz CT molecular complexity index is 376. The number of hydrogen-bond acceptors (Lipinski definition) is 1. The van der Waals surface area contributed by atoms with Crippen LogP contribution in [0.5, 0.6) is 5.75 Å². The van der Waals surface area contributed by atoms with Crippen molar-refractivity contribution in [2.45, 2.75) is 38.0 Å². The van der Waals surface area contributed by atoms with E-state index in [0.717, 1.165) is 28.1 Å². The van der Waals surface area contributed by atoms with Gasteiger partial charge >= 0.3 is 0 Å². The molecule has 1 atom stereocenters. The van der Waals surface area contributed by atoms with Crippen molar-refractivity contribution in [1.82, 2.24) is 0 Å². The van der Waals surface area contributed by atoms with Crippen LogP contribution in [0.4, 0.5) is 0 Å². The van der Waals surface area contributed by atoms with Crippen LogP contribution in [-0.2, 0) is 0 Å².